The maximum absolute atomic E-state index is 12.2. The lowest BCUT2D eigenvalue weighted by Crippen LogP contribution is -2.32. The molecule has 1 aromatic carbocycles. The van der Waals surface area contributed by atoms with Gasteiger partial charge in [0.25, 0.3) is 5.91 Å². The van der Waals surface area contributed by atoms with E-state index in [0.717, 1.165) is 0 Å². The summed E-state index contributed by atoms with van der Waals surface area (Å²) in [5, 5.41) is 11.6. The van der Waals surface area contributed by atoms with E-state index in [2.05, 4.69) is 15.0 Å². The molecule has 27 heavy (non-hydrogen) atoms. The number of amides is 1. The summed E-state index contributed by atoms with van der Waals surface area (Å²) in [6.07, 6.45) is 1.25. The summed E-state index contributed by atoms with van der Waals surface area (Å²) < 4.78 is 26.8. The highest BCUT2D eigenvalue weighted by Gasteiger charge is 2.16. The molecule has 0 saturated carbocycles. The Morgan fingerprint density at radius 3 is 2.44 bits per heavy atom. The number of rotatable bonds is 8. The van der Waals surface area contributed by atoms with Crippen LogP contribution in [0.1, 0.15) is 45.8 Å². The third-order valence-corrected chi connectivity index (χ3v) is 5.08. The summed E-state index contributed by atoms with van der Waals surface area (Å²) in [5.41, 5.74) is 1.15. The molecule has 0 atom stereocenters. The molecular weight excluding hydrogens is 370 g/mol. The second-order valence-corrected chi connectivity index (χ2v) is 7.97. The van der Waals surface area contributed by atoms with Crippen molar-refractivity contribution < 1.29 is 23.1 Å². The van der Waals surface area contributed by atoms with Gasteiger partial charge in [0.2, 0.25) is 10.0 Å². The van der Waals surface area contributed by atoms with Crippen molar-refractivity contribution in [3.63, 3.8) is 0 Å². The minimum Gasteiger partial charge on any atom is -0.478 e. The Balaban J connectivity index is 2.11. The van der Waals surface area contributed by atoms with Gasteiger partial charge in [-0.1, -0.05) is 24.3 Å². The van der Waals surface area contributed by atoms with Gasteiger partial charge in [0.1, 0.15) is 5.69 Å². The number of carboxylic acids is 1. The van der Waals surface area contributed by atoms with Crippen molar-refractivity contribution in [1.82, 2.24) is 15.0 Å². The van der Waals surface area contributed by atoms with Gasteiger partial charge in [0.05, 0.1) is 11.3 Å². The Labute approximate surface area is 157 Å². The standard InChI is InChI=1S/C18H21N3O5S/c1-12(2)21-27(25,26)11-15-6-4-3-5-14(15)10-20-17(22)16-9-13(18(23)24)7-8-19-16/h3-9,12,21H,10-11H2,1-2H3,(H,20,22)(H,23,24). The highest BCUT2D eigenvalue weighted by Crippen LogP contribution is 2.13. The molecule has 1 amide bonds. The molecule has 0 unspecified atom stereocenters. The van der Waals surface area contributed by atoms with E-state index in [-0.39, 0.29) is 29.6 Å². The van der Waals surface area contributed by atoms with Crippen molar-refractivity contribution in [2.75, 3.05) is 0 Å². The van der Waals surface area contributed by atoms with Crippen molar-refractivity contribution in [2.24, 2.45) is 0 Å². The molecule has 0 spiro atoms. The number of pyridine rings is 1. The zero-order valence-electron chi connectivity index (χ0n) is 15.0. The molecule has 2 rings (SSSR count). The van der Waals surface area contributed by atoms with Crippen LogP contribution in [0.5, 0.6) is 0 Å². The predicted octanol–water partition coefficient (Wildman–Crippen LogP) is 1.54. The van der Waals surface area contributed by atoms with Crippen molar-refractivity contribution in [2.45, 2.75) is 32.2 Å². The van der Waals surface area contributed by atoms with Crippen LogP contribution in [-0.2, 0) is 22.3 Å². The highest BCUT2D eigenvalue weighted by molar-refractivity contribution is 7.88. The summed E-state index contributed by atoms with van der Waals surface area (Å²) in [5.74, 6) is -1.90. The lowest BCUT2D eigenvalue weighted by molar-refractivity contribution is 0.0696. The van der Waals surface area contributed by atoms with E-state index in [1.54, 1.807) is 38.1 Å². The largest absolute Gasteiger partial charge is 0.478 e. The van der Waals surface area contributed by atoms with Crippen molar-refractivity contribution >= 4 is 21.9 Å². The highest BCUT2D eigenvalue weighted by atomic mass is 32.2. The first-order valence-corrected chi connectivity index (χ1v) is 9.87. The van der Waals surface area contributed by atoms with Crippen LogP contribution >= 0.6 is 0 Å². The van der Waals surface area contributed by atoms with Crippen LogP contribution in [0.2, 0.25) is 0 Å². The van der Waals surface area contributed by atoms with Gasteiger partial charge in [-0.25, -0.2) is 17.9 Å². The number of carboxylic acid groups (broad SMARTS) is 1. The number of hydrogen-bond acceptors (Lipinski definition) is 5. The molecule has 1 heterocycles. The summed E-state index contributed by atoms with van der Waals surface area (Å²) >= 11 is 0. The molecule has 8 nitrogen and oxygen atoms in total. The van der Waals surface area contributed by atoms with Gasteiger partial charge in [-0.3, -0.25) is 9.78 Å². The smallest absolute Gasteiger partial charge is 0.335 e. The van der Waals surface area contributed by atoms with Crippen molar-refractivity contribution in [1.29, 1.82) is 0 Å². The van der Waals surface area contributed by atoms with E-state index in [9.17, 15) is 18.0 Å². The minimum atomic E-state index is -3.50. The molecule has 0 aliphatic rings. The van der Waals surface area contributed by atoms with Crippen molar-refractivity contribution in [3.05, 3.63) is 65.0 Å². The monoisotopic (exact) mass is 391 g/mol. The molecule has 3 N–H and O–H groups in total. The third-order valence-electron chi connectivity index (χ3n) is 3.56. The third kappa shape index (κ3) is 6.15. The van der Waals surface area contributed by atoms with Gasteiger partial charge in [-0.05, 0) is 37.1 Å². The average Bonchev–Trinajstić information content (AvgIpc) is 2.59. The maximum Gasteiger partial charge on any atom is 0.335 e. The van der Waals surface area contributed by atoms with E-state index in [0.29, 0.717) is 11.1 Å². The van der Waals surface area contributed by atoms with Crippen LogP contribution in [0.3, 0.4) is 0 Å². The molecule has 2 aromatic rings. The van der Waals surface area contributed by atoms with Gasteiger partial charge < -0.3 is 10.4 Å². The van der Waals surface area contributed by atoms with E-state index < -0.39 is 21.9 Å². The average molecular weight is 391 g/mol. The van der Waals surface area contributed by atoms with Gasteiger partial charge in [0.15, 0.2) is 0 Å². The van der Waals surface area contributed by atoms with E-state index >= 15 is 0 Å². The molecule has 144 valence electrons. The molecule has 0 radical (unpaired) electrons. The molecular formula is C18H21N3O5S. The SMILES string of the molecule is CC(C)NS(=O)(=O)Cc1ccccc1CNC(=O)c1cc(C(=O)O)ccn1. The summed E-state index contributed by atoms with van der Waals surface area (Å²) in [6.45, 7) is 3.56. The predicted molar refractivity (Wildman–Crippen MR) is 99.7 cm³/mol. The van der Waals surface area contributed by atoms with Crippen LogP contribution in [0.4, 0.5) is 0 Å². The summed E-state index contributed by atoms with van der Waals surface area (Å²) in [7, 11) is -3.50. The zero-order chi connectivity index (χ0) is 20.0. The summed E-state index contributed by atoms with van der Waals surface area (Å²) in [4.78, 5) is 27.1. The first-order chi connectivity index (χ1) is 12.7. The maximum atomic E-state index is 12.2. The minimum absolute atomic E-state index is 0.0264. The van der Waals surface area contributed by atoms with Crippen LogP contribution in [-0.4, -0.2) is 36.4 Å². The lowest BCUT2D eigenvalue weighted by atomic mass is 10.1. The second kappa shape index (κ2) is 8.74. The Hall–Kier alpha value is -2.78. The number of hydrogen-bond donors (Lipinski definition) is 3. The van der Waals surface area contributed by atoms with Gasteiger partial charge in [0, 0.05) is 18.8 Å². The van der Waals surface area contributed by atoms with Crippen LogP contribution in [0.25, 0.3) is 0 Å². The molecule has 0 aliphatic heterocycles. The number of carbonyl (C=O) groups excluding carboxylic acids is 1. The topological polar surface area (TPSA) is 125 Å². The normalized spacial score (nSPS) is 11.4. The number of nitrogens with one attached hydrogen (secondary N) is 2. The Bertz CT molecular complexity index is 942. The Morgan fingerprint density at radius 2 is 1.81 bits per heavy atom. The fourth-order valence-corrected chi connectivity index (χ4v) is 3.92. The number of aromatic nitrogens is 1. The fourth-order valence-electron chi connectivity index (χ4n) is 2.43. The number of carbonyl (C=O) groups is 2. The number of aromatic carboxylic acids is 1. The molecule has 9 heteroatoms. The number of benzene rings is 1. The molecule has 0 fully saturated rings. The molecule has 1 aromatic heterocycles. The Kier molecular flexibility index (Phi) is 6.65. The van der Waals surface area contributed by atoms with Crippen LogP contribution in [0.15, 0.2) is 42.6 Å². The molecule has 0 bridgehead atoms. The van der Waals surface area contributed by atoms with E-state index in [1.807, 2.05) is 0 Å². The first kappa shape index (κ1) is 20.5. The van der Waals surface area contributed by atoms with Gasteiger partial charge in [-0.2, -0.15) is 0 Å². The zero-order valence-corrected chi connectivity index (χ0v) is 15.8. The molecule has 0 aliphatic carbocycles. The first-order valence-electron chi connectivity index (χ1n) is 8.22. The quantitative estimate of drug-likeness (QED) is 0.627. The van der Waals surface area contributed by atoms with Gasteiger partial charge >= 0.3 is 5.97 Å². The van der Waals surface area contributed by atoms with Crippen LogP contribution < -0.4 is 10.0 Å². The molecule has 0 saturated heterocycles. The lowest BCUT2D eigenvalue weighted by Gasteiger charge is -2.13. The summed E-state index contributed by atoms with van der Waals surface area (Å²) in [6, 6.07) is 9.14. The van der Waals surface area contributed by atoms with E-state index in [1.165, 1.54) is 18.3 Å². The number of nitrogens with zero attached hydrogens (tertiary/aromatic N) is 1. The fraction of sp³-hybridized carbons (Fsp3) is 0.278. The van der Waals surface area contributed by atoms with E-state index in [4.69, 9.17) is 5.11 Å². The van der Waals surface area contributed by atoms with Crippen LogP contribution in [0, 0.1) is 0 Å². The second-order valence-electron chi connectivity index (χ2n) is 6.22. The Morgan fingerprint density at radius 1 is 1.15 bits per heavy atom. The van der Waals surface area contributed by atoms with Crippen molar-refractivity contribution in [3.8, 4) is 0 Å². The number of sulfonamides is 1. The van der Waals surface area contributed by atoms with Gasteiger partial charge in [-0.15, -0.1) is 0 Å².